The smallest absolute Gasteiger partial charge is 0.129 e. The number of nitrogens with zero attached hydrogens (tertiary/aromatic N) is 1. The van der Waals surface area contributed by atoms with Crippen LogP contribution in [0.5, 0.6) is 0 Å². The minimum absolute atomic E-state index is 0.340. The van der Waals surface area contributed by atoms with Gasteiger partial charge in [0.05, 0.1) is 6.10 Å². The van der Waals surface area contributed by atoms with E-state index in [2.05, 4.69) is 23.1 Å². The molecule has 1 unspecified atom stereocenters. The standard InChI is InChI=1S/C18H20FNO/c19-16-10-3-2-9-15(16)18(21)13-20-12-6-5-8-14-7-1-4-11-17(14)20/h1-4,7,9-11,18,21H,5-6,8,12-13H2. The van der Waals surface area contributed by atoms with Gasteiger partial charge < -0.3 is 10.0 Å². The topological polar surface area (TPSA) is 23.5 Å². The lowest BCUT2D eigenvalue weighted by atomic mass is 10.1. The molecule has 0 fully saturated rings. The van der Waals surface area contributed by atoms with Gasteiger partial charge >= 0.3 is 0 Å². The molecular weight excluding hydrogens is 265 g/mol. The molecule has 2 aromatic carbocycles. The Balaban J connectivity index is 1.83. The van der Waals surface area contributed by atoms with Crippen molar-refractivity contribution in [2.45, 2.75) is 25.4 Å². The highest BCUT2D eigenvalue weighted by molar-refractivity contribution is 5.54. The zero-order valence-corrected chi connectivity index (χ0v) is 12.0. The number of aliphatic hydroxyl groups excluding tert-OH is 1. The number of hydrogen-bond acceptors (Lipinski definition) is 2. The first kappa shape index (κ1) is 14.1. The number of para-hydroxylation sites is 1. The first-order valence-corrected chi connectivity index (χ1v) is 7.51. The Morgan fingerprint density at radius 1 is 1.05 bits per heavy atom. The van der Waals surface area contributed by atoms with E-state index in [1.807, 2.05) is 6.07 Å². The molecule has 1 heterocycles. The van der Waals surface area contributed by atoms with Gasteiger partial charge in [0.1, 0.15) is 5.82 Å². The van der Waals surface area contributed by atoms with Crippen LogP contribution >= 0.6 is 0 Å². The van der Waals surface area contributed by atoms with Crippen LogP contribution in [0.2, 0.25) is 0 Å². The number of aryl methyl sites for hydroxylation is 1. The molecule has 0 aliphatic carbocycles. The summed E-state index contributed by atoms with van der Waals surface area (Å²) in [6.45, 7) is 1.33. The minimum Gasteiger partial charge on any atom is -0.386 e. The first-order valence-electron chi connectivity index (χ1n) is 7.51. The van der Waals surface area contributed by atoms with Crippen molar-refractivity contribution in [3.63, 3.8) is 0 Å². The number of fused-ring (bicyclic) bond motifs is 1. The number of anilines is 1. The van der Waals surface area contributed by atoms with E-state index in [1.165, 1.54) is 17.3 Å². The fourth-order valence-electron chi connectivity index (χ4n) is 3.01. The molecule has 2 nitrogen and oxygen atoms in total. The maximum absolute atomic E-state index is 13.8. The normalized spacial score (nSPS) is 16.2. The maximum atomic E-state index is 13.8. The number of aliphatic hydroxyl groups is 1. The van der Waals surface area contributed by atoms with Crippen molar-refractivity contribution in [1.82, 2.24) is 0 Å². The van der Waals surface area contributed by atoms with Gasteiger partial charge in [0.2, 0.25) is 0 Å². The molecule has 1 atom stereocenters. The Morgan fingerprint density at radius 2 is 1.81 bits per heavy atom. The lowest BCUT2D eigenvalue weighted by Gasteiger charge is -2.27. The third-order valence-corrected chi connectivity index (χ3v) is 4.11. The summed E-state index contributed by atoms with van der Waals surface area (Å²) in [6, 6.07) is 14.8. The van der Waals surface area contributed by atoms with Gasteiger partial charge in [-0.1, -0.05) is 36.4 Å². The summed E-state index contributed by atoms with van der Waals surface area (Å²) in [7, 11) is 0. The zero-order valence-electron chi connectivity index (χ0n) is 12.0. The van der Waals surface area contributed by atoms with E-state index >= 15 is 0 Å². The van der Waals surface area contributed by atoms with Crippen molar-refractivity contribution in [2.75, 3.05) is 18.0 Å². The summed E-state index contributed by atoms with van der Waals surface area (Å²) in [5.41, 5.74) is 2.86. The van der Waals surface area contributed by atoms with E-state index in [0.29, 0.717) is 12.1 Å². The second-order valence-electron chi connectivity index (χ2n) is 5.57. The van der Waals surface area contributed by atoms with Gasteiger partial charge in [0.15, 0.2) is 0 Å². The Hall–Kier alpha value is -1.87. The summed E-state index contributed by atoms with van der Waals surface area (Å²) in [5, 5.41) is 10.4. The zero-order chi connectivity index (χ0) is 14.7. The van der Waals surface area contributed by atoms with Crippen molar-refractivity contribution in [2.24, 2.45) is 0 Å². The molecule has 0 amide bonds. The molecule has 2 aromatic rings. The van der Waals surface area contributed by atoms with Gasteiger partial charge in [0.25, 0.3) is 0 Å². The number of halogens is 1. The first-order chi connectivity index (χ1) is 10.3. The van der Waals surface area contributed by atoms with Crippen molar-refractivity contribution < 1.29 is 9.50 Å². The highest BCUT2D eigenvalue weighted by atomic mass is 19.1. The molecule has 1 N–H and O–H groups in total. The molecule has 0 saturated heterocycles. The molecule has 21 heavy (non-hydrogen) atoms. The monoisotopic (exact) mass is 285 g/mol. The largest absolute Gasteiger partial charge is 0.386 e. The Morgan fingerprint density at radius 3 is 2.67 bits per heavy atom. The molecule has 0 spiro atoms. The molecule has 0 bridgehead atoms. The van der Waals surface area contributed by atoms with Gasteiger partial charge in [-0.3, -0.25) is 0 Å². The van der Waals surface area contributed by atoms with Crippen molar-refractivity contribution in [1.29, 1.82) is 0 Å². The van der Waals surface area contributed by atoms with Gasteiger partial charge in [-0.25, -0.2) is 4.39 Å². The molecule has 0 radical (unpaired) electrons. The van der Waals surface area contributed by atoms with Crippen molar-refractivity contribution in [3.05, 3.63) is 65.5 Å². The van der Waals surface area contributed by atoms with E-state index < -0.39 is 6.10 Å². The lowest BCUT2D eigenvalue weighted by molar-refractivity contribution is 0.178. The molecule has 110 valence electrons. The van der Waals surface area contributed by atoms with E-state index in [4.69, 9.17) is 0 Å². The average molecular weight is 285 g/mol. The van der Waals surface area contributed by atoms with Crippen LogP contribution in [0.3, 0.4) is 0 Å². The van der Waals surface area contributed by atoms with E-state index in [9.17, 15) is 9.50 Å². The van der Waals surface area contributed by atoms with Crippen LogP contribution in [0.4, 0.5) is 10.1 Å². The third kappa shape index (κ3) is 3.08. The van der Waals surface area contributed by atoms with Crippen LogP contribution < -0.4 is 4.90 Å². The number of hydrogen-bond donors (Lipinski definition) is 1. The van der Waals surface area contributed by atoms with Gasteiger partial charge in [-0.15, -0.1) is 0 Å². The SMILES string of the molecule is OC(CN1CCCCc2ccccc21)c1ccccc1F. The molecule has 0 aromatic heterocycles. The van der Waals surface area contributed by atoms with Crippen LogP contribution in [0.1, 0.15) is 30.1 Å². The number of benzene rings is 2. The van der Waals surface area contributed by atoms with Crippen LogP contribution in [0.15, 0.2) is 48.5 Å². The lowest BCUT2D eigenvalue weighted by Crippen LogP contribution is -2.29. The van der Waals surface area contributed by atoms with E-state index in [1.54, 1.807) is 18.2 Å². The quantitative estimate of drug-likeness (QED) is 0.929. The average Bonchev–Trinajstić information content (AvgIpc) is 2.70. The van der Waals surface area contributed by atoms with Gasteiger partial charge in [-0.2, -0.15) is 0 Å². The van der Waals surface area contributed by atoms with Gasteiger partial charge in [-0.05, 0) is 37.0 Å². The van der Waals surface area contributed by atoms with Crippen LogP contribution in [-0.2, 0) is 6.42 Å². The predicted molar refractivity (Wildman–Crippen MR) is 83.0 cm³/mol. The summed E-state index contributed by atoms with van der Waals surface area (Å²) in [6.07, 6.45) is 2.52. The molecule has 3 heteroatoms. The van der Waals surface area contributed by atoms with Crippen LogP contribution in [0.25, 0.3) is 0 Å². The second kappa shape index (κ2) is 6.27. The molecular formula is C18H20FNO. The molecule has 0 saturated carbocycles. The van der Waals surface area contributed by atoms with Gasteiger partial charge in [0, 0.05) is 24.3 Å². The molecule has 1 aliphatic rings. The molecule has 1 aliphatic heterocycles. The Bertz CT molecular complexity index is 614. The maximum Gasteiger partial charge on any atom is 0.129 e. The summed E-state index contributed by atoms with van der Waals surface area (Å²) >= 11 is 0. The van der Waals surface area contributed by atoms with E-state index in [-0.39, 0.29) is 5.82 Å². The fraction of sp³-hybridized carbons (Fsp3) is 0.333. The molecule has 3 rings (SSSR count). The van der Waals surface area contributed by atoms with Crippen molar-refractivity contribution >= 4 is 5.69 Å². The highest BCUT2D eigenvalue weighted by Crippen LogP contribution is 2.28. The summed E-state index contributed by atoms with van der Waals surface area (Å²) in [5.74, 6) is -0.340. The second-order valence-corrected chi connectivity index (χ2v) is 5.57. The summed E-state index contributed by atoms with van der Waals surface area (Å²) in [4.78, 5) is 2.18. The van der Waals surface area contributed by atoms with E-state index in [0.717, 1.165) is 25.8 Å². The Kier molecular flexibility index (Phi) is 4.20. The number of rotatable bonds is 3. The third-order valence-electron chi connectivity index (χ3n) is 4.11. The summed E-state index contributed by atoms with van der Waals surface area (Å²) < 4.78 is 13.8. The number of β-amino-alcohol motifs (C(OH)–C–C–N with tert-alkyl or cyclic N) is 1. The fourth-order valence-corrected chi connectivity index (χ4v) is 3.01. The van der Waals surface area contributed by atoms with Crippen LogP contribution in [-0.4, -0.2) is 18.2 Å². The predicted octanol–water partition coefficient (Wildman–Crippen LogP) is 3.70. The Labute approximate surface area is 124 Å². The minimum atomic E-state index is -0.808. The highest BCUT2D eigenvalue weighted by Gasteiger charge is 2.20. The van der Waals surface area contributed by atoms with Crippen LogP contribution in [0, 0.1) is 5.82 Å². The van der Waals surface area contributed by atoms with Crippen molar-refractivity contribution in [3.8, 4) is 0 Å².